The van der Waals surface area contributed by atoms with Crippen LogP contribution in [0.25, 0.3) is 0 Å². The molecule has 0 saturated heterocycles. The highest BCUT2D eigenvalue weighted by Gasteiger charge is 2.09. The predicted octanol–water partition coefficient (Wildman–Crippen LogP) is 1.48. The lowest BCUT2D eigenvalue weighted by atomic mass is 10.4. The fraction of sp³-hybridized carbons (Fsp3) is 0.636. The number of rotatable bonds is 8. The van der Waals surface area contributed by atoms with Crippen LogP contribution in [0.1, 0.15) is 23.1 Å². The molecule has 6 heteroatoms. The quantitative estimate of drug-likeness (QED) is 0.707. The van der Waals surface area contributed by atoms with Crippen molar-refractivity contribution in [3.8, 4) is 0 Å². The van der Waals surface area contributed by atoms with Crippen molar-refractivity contribution < 1.29 is 8.42 Å². The first kappa shape index (κ1) is 14.6. The molecule has 0 aliphatic heterocycles. The molecule has 0 spiro atoms. The second-order valence-corrected chi connectivity index (χ2v) is 7.20. The van der Waals surface area contributed by atoms with E-state index in [1.54, 1.807) is 11.3 Å². The zero-order valence-electron chi connectivity index (χ0n) is 10.3. The molecule has 1 aromatic rings. The Morgan fingerprint density at radius 2 is 2.06 bits per heavy atom. The number of aryl methyl sites for hydroxylation is 1. The van der Waals surface area contributed by atoms with Gasteiger partial charge in [0.2, 0.25) is 10.0 Å². The molecule has 0 unspecified atom stereocenters. The van der Waals surface area contributed by atoms with Gasteiger partial charge in [0, 0.05) is 22.8 Å². The predicted molar refractivity (Wildman–Crippen MR) is 72.8 cm³/mol. The summed E-state index contributed by atoms with van der Waals surface area (Å²) in [5, 5.41) is 3.08. The van der Waals surface area contributed by atoms with Gasteiger partial charge in [0.15, 0.2) is 0 Å². The molecule has 0 amide bonds. The van der Waals surface area contributed by atoms with Gasteiger partial charge < -0.3 is 5.32 Å². The average Bonchev–Trinajstić information content (AvgIpc) is 2.68. The largest absolute Gasteiger partial charge is 0.316 e. The molecule has 1 aromatic heterocycles. The summed E-state index contributed by atoms with van der Waals surface area (Å²) in [5.41, 5.74) is 0. The fourth-order valence-corrected chi connectivity index (χ4v) is 3.20. The highest BCUT2D eigenvalue weighted by molar-refractivity contribution is 7.89. The number of hydrogen-bond donors (Lipinski definition) is 2. The van der Waals surface area contributed by atoms with Crippen LogP contribution in [-0.2, 0) is 16.6 Å². The van der Waals surface area contributed by atoms with Crippen molar-refractivity contribution in [2.45, 2.75) is 26.8 Å². The Hall–Kier alpha value is -0.430. The summed E-state index contributed by atoms with van der Waals surface area (Å²) in [6.07, 6.45) is 1.02. The molecule has 0 aromatic carbocycles. The van der Waals surface area contributed by atoms with Crippen LogP contribution in [0.3, 0.4) is 0 Å². The lowest BCUT2D eigenvalue weighted by Crippen LogP contribution is -2.31. The molecule has 0 radical (unpaired) electrons. The molecule has 1 rings (SSSR count). The highest BCUT2D eigenvalue weighted by Crippen LogP contribution is 2.14. The Morgan fingerprint density at radius 1 is 1.29 bits per heavy atom. The van der Waals surface area contributed by atoms with Gasteiger partial charge in [-0.2, -0.15) is 0 Å². The Labute approximate surface area is 107 Å². The molecule has 0 bridgehead atoms. The minimum absolute atomic E-state index is 0.136. The van der Waals surface area contributed by atoms with Crippen molar-refractivity contribution in [2.24, 2.45) is 0 Å². The van der Waals surface area contributed by atoms with E-state index in [2.05, 4.69) is 17.0 Å². The summed E-state index contributed by atoms with van der Waals surface area (Å²) in [7, 11) is -3.16. The van der Waals surface area contributed by atoms with Crippen LogP contribution in [0.2, 0.25) is 0 Å². The first-order valence-corrected chi connectivity index (χ1v) is 8.24. The van der Waals surface area contributed by atoms with Crippen molar-refractivity contribution in [3.63, 3.8) is 0 Å². The maximum Gasteiger partial charge on any atom is 0.213 e. The second-order valence-electron chi connectivity index (χ2n) is 3.90. The summed E-state index contributed by atoms with van der Waals surface area (Å²) in [4.78, 5) is 2.25. The minimum atomic E-state index is -3.16. The molecule has 0 saturated carbocycles. The second kappa shape index (κ2) is 7.10. The van der Waals surface area contributed by atoms with Crippen LogP contribution in [0.4, 0.5) is 0 Å². The van der Waals surface area contributed by atoms with Crippen LogP contribution >= 0.6 is 11.3 Å². The maximum atomic E-state index is 11.6. The molecule has 0 fully saturated rings. The number of thiophene rings is 1. The summed E-state index contributed by atoms with van der Waals surface area (Å²) in [5.74, 6) is 0.136. The van der Waals surface area contributed by atoms with Gasteiger partial charge in [-0.1, -0.05) is 6.92 Å². The molecule has 2 N–H and O–H groups in total. The first-order valence-electron chi connectivity index (χ1n) is 5.77. The van der Waals surface area contributed by atoms with Crippen molar-refractivity contribution in [3.05, 3.63) is 21.9 Å². The van der Waals surface area contributed by atoms with Gasteiger partial charge in [0.05, 0.1) is 5.75 Å². The standard InChI is InChI=1S/C11H20N2O2S2/c1-3-6-12-7-8-17(14,15)13-9-11-5-4-10(2)16-11/h4-5,12-13H,3,6-9H2,1-2H3. The fourth-order valence-electron chi connectivity index (χ4n) is 1.34. The van der Waals surface area contributed by atoms with Crippen molar-refractivity contribution >= 4 is 21.4 Å². The van der Waals surface area contributed by atoms with E-state index in [0.29, 0.717) is 13.1 Å². The highest BCUT2D eigenvalue weighted by atomic mass is 32.2. The van der Waals surface area contributed by atoms with Gasteiger partial charge in [0.1, 0.15) is 0 Å². The SMILES string of the molecule is CCCNCCS(=O)(=O)NCc1ccc(C)s1. The van der Waals surface area contributed by atoms with Crippen molar-refractivity contribution in [1.82, 2.24) is 10.0 Å². The Kier molecular flexibility index (Phi) is 6.11. The smallest absolute Gasteiger partial charge is 0.213 e. The van der Waals surface area contributed by atoms with Crippen molar-refractivity contribution in [2.75, 3.05) is 18.8 Å². The van der Waals surface area contributed by atoms with Crippen LogP contribution in [0, 0.1) is 6.92 Å². The van der Waals surface area contributed by atoms with E-state index in [1.165, 1.54) is 4.88 Å². The Balaban J connectivity index is 2.29. The summed E-state index contributed by atoms with van der Waals surface area (Å²) in [6, 6.07) is 3.95. The monoisotopic (exact) mass is 276 g/mol. The van der Waals surface area contributed by atoms with Crippen molar-refractivity contribution in [1.29, 1.82) is 0 Å². The van der Waals surface area contributed by atoms with Crippen LogP contribution in [-0.4, -0.2) is 27.3 Å². The third-order valence-electron chi connectivity index (χ3n) is 2.24. The molecule has 0 aliphatic rings. The third kappa shape index (κ3) is 6.16. The number of sulfonamides is 1. The molecule has 0 atom stereocenters. The number of nitrogens with one attached hydrogen (secondary N) is 2. The first-order chi connectivity index (χ1) is 8.03. The molecule has 0 aliphatic carbocycles. The summed E-state index contributed by atoms with van der Waals surface area (Å²) < 4.78 is 25.9. The number of hydrogen-bond acceptors (Lipinski definition) is 4. The van der Waals surface area contributed by atoms with E-state index in [4.69, 9.17) is 0 Å². The van der Waals surface area contributed by atoms with Crippen LogP contribution < -0.4 is 10.0 Å². The van der Waals surface area contributed by atoms with Gasteiger partial charge >= 0.3 is 0 Å². The zero-order valence-corrected chi connectivity index (χ0v) is 12.0. The van der Waals surface area contributed by atoms with Crippen LogP contribution in [0.5, 0.6) is 0 Å². The molecule has 4 nitrogen and oxygen atoms in total. The lowest BCUT2D eigenvalue weighted by molar-refractivity contribution is 0.576. The van der Waals surface area contributed by atoms with Gasteiger partial charge in [0.25, 0.3) is 0 Å². The third-order valence-corrected chi connectivity index (χ3v) is 4.56. The van der Waals surface area contributed by atoms with E-state index in [1.807, 2.05) is 19.1 Å². The van der Waals surface area contributed by atoms with Gasteiger partial charge in [-0.05, 0) is 32.0 Å². The van der Waals surface area contributed by atoms with E-state index in [0.717, 1.165) is 17.8 Å². The molecular weight excluding hydrogens is 256 g/mol. The van der Waals surface area contributed by atoms with Gasteiger partial charge in [-0.25, -0.2) is 13.1 Å². The van der Waals surface area contributed by atoms with E-state index in [9.17, 15) is 8.42 Å². The lowest BCUT2D eigenvalue weighted by Gasteiger charge is -2.06. The minimum Gasteiger partial charge on any atom is -0.316 e. The molecule has 17 heavy (non-hydrogen) atoms. The molecule has 1 heterocycles. The van der Waals surface area contributed by atoms with Gasteiger partial charge in [-0.3, -0.25) is 0 Å². The topological polar surface area (TPSA) is 58.2 Å². The van der Waals surface area contributed by atoms with Gasteiger partial charge in [-0.15, -0.1) is 11.3 Å². The normalized spacial score (nSPS) is 11.9. The Bertz CT molecular complexity index is 426. The average molecular weight is 276 g/mol. The summed E-state index contributed by atoms with van der Waals surface area (Å²) in [6.45, 7) is 5.83. The zero-order chi connectivity index (χ0) is 12.7. The van der Waals surface area contributed by atoms with E-state index in [-0.39, 0.29) is 5.75 Å². The van der Waals surface area contributed by atoms with E-state index >= 15 is 0 Å². The van der Waals surface area contributed by atoms with E-state index < -0.39 is 10.0 Å². The summed E-state index contributed by atoms with van der Waals surface area (Å²) >= 11 is 1.62. The molecule has 98 valence electrons. The molecular formula is C11H20N2O2S2. The maximum absolute atomic E-state index is 11.6. The Morgan fingerprint density at radius 3 is 2.65 bits per heavy atom. The van der Waals surface area contributed by atoms with Crippen LogP contribution in [0.15, 0.2) is 12.1 Å².